The first-order valence-electron chi connectivity index (χ1n) is 18.1. The van der Waals surface area contributed by atoms with Crippen LogP contribution in [0.25, 0.3) is 0 Å². The summed E-state index contributed by atoms with van der Waals surface area (Å²) in [6, 6.07) is 6.91. The third kappa shape index (κ3) is 36.0. The van der Waals surface area contributed by atoms with E-state index < -0.39 is 5.97 Å². The zero-order chi connectivity index (χ0) is 38.1. The topological polar surface area (TPSA) is 194 Å². The molecule has 0 bridgehead atoms. The number of amides is 1. The molecule has 0 radical (unpaired) electrons. The van der Waals surface area contributed by atoms with Gasteiger partial charge in [0.1, 0.15) is 18.6 Å². The molecular formula is C36H61NO16. The van der Waals surface area contributed by atoms with Crippen LogP contribution in [0.2, 0.25) is 0 Å². The van der Waals surface area contributed by atoms with E-state index >= 15 is 0 Å². The Morgan fingerprint density at radius 1 is 0.472 bits per heavy atom. The Hall–Kier alpha value is -2.81. The summed E-state index contributed by atoms with van der Waals surface area (Å²) in [6.07, 6.45) is 1.26. The number of hydrogen-bond acceptors (Lipinski definition) is 15. The molecule has 0 aliphatic rings. The lowest BCUT2D eigenvalue weighted by atomic mass is 10.2. The summed E-state index contributed by atoms with van der Waals surface area (Å²) in [4.78, 5) is 32.4. The van der Waals surface area contributed by atoms with E-state index in [2.05, 4.69) is 5.32 Å². The second kappa shape index (κ2) is 38.9. The van der Waals surface area contributed by atoms with E-state index in [9.17, 15) is 14.4 Å². The third-order valence-corrected chi connectivity index (χ3v) is 6.59. The SMILES string of the molecule is O=Cc1ccc(OCCOCCOCCOCCOCCOCCOCCOCCOCCOCCOCCOCCCNC(=O)CCC(=O)O)cc1. The number of carboxylic acids is 1. The van der Waals surface area contributed by atoms with Crippen molar-refractivity contribution in [3.63, 3.8) is 0 Å². The van der Waals surface area contributed by atoms with Crippen LogP contribution in [-0.4, -0.2) is 182 Å². The molecule has 0 spiro atoms. The van der Waals surface area contributed by atoms with Crippen LogP contribution in [0.15, 0.2) is 24.3 Å². The number of ether oxygens (including phenoxy) is 12. The van der Waals surface area contributed by atoms with Gasteiger partial charge in [-0.25, -0.2) is 0 Å². The standard InChI is InChI=1S/C36H61NO16/c38-32-33-2-4-34(5-3-33)53-31-30-52-29-28-51-27-26-50-25-24-49-23-22-48-21-20-47-19-18-46-17-16-45-15-14-44-13-12-43-11-10-42-9-1-8-37-35(39)6-7-36(40)41/h2-5,32H,1,6-31H2,(H,37,39)(H,40,41). The molecule has 0 heterocycles. The van der Waals surface area contributed by atoms with Crippen LogP contribution < -0.4 is 10.1 Å². The van der Waals surface area contributed by atoms with Crippen molar-refractivity contribution in [3.05, 3.63) is 29.8 Å². The van der Waals surface area contributed by atoms with Crippen LogP contribution in [0, 0.1) is 0 Å². The number of aldehydes is 1. The quantitative estimate of drug-likeness (QED) is 0.0717. The summed E-state index contributed by atoms with van der Waals surface area (Å²) in [5.74, 6) is -0.560. The number of carboxylic acid groups (broad SMARTS) is 1. The van der Waals surface area contributed by atoms with Gasteiger partial charge >= 0.3 is 5.97 Å². The van der Waals surface area contributed by atoms with E-state index in [0.717, 1.165) is 6.29 Å². The van der Waals surface area contributed by atoms with Gasteiger partial charge in [-0.15, -0.1) is 0 Å². The predicted molar refractivity (Wildman–Crippen MR) is 191 cm³/mol. The zero-order valence-electron chi connectivity index (χ0n) is 31.0. The van der Waals surface area contributed by atoms with Gasteiger partial charge in [0.05, 0.1) is 145 Å². The maximum Gasteiger partial charge on any atom is 0.303 e. The largest absolute Gasteiger partial charge is 0.491 e. The Morgan fingerprint density at radius 3 is 1.11 bits per heavy atom. The minimum Gasteiger partial charge on any atom is -0.491 e. The number of rotatable bonds is 42. The fraction of sp³-hybridized carbons (Fsp3) is 0.750. The normalized spacial score (nSPS) is 11.2. The van der Waals surface area contributed by atoms with E-state index in [0.29, 0.717) is 176 Å². The van der Waals surface area contributed by atoms with E-state index in [1.165, 1.54) is 0 Å². The lowest BCUT2D eigenvalue weighted by Gasteiger charge is -2.09. The Bertz CT molecular complexity index is 971. The average molecular weight is 764 g/mol. The molecule has 0 fully saturated rings. The molecule has 0 aliphatic carbocycles. The van der Waals surface area contributed by atoms with Crippen molar-refractivity contribution in [1.82, 2.24) is 5.32 Å². The molecule has 1 aromatic rings. The second-order valence-corrected chi connectivity index (χ2v) is 10.9. The fourth-order valence-electron chi connectivity index (χ4n) is 3.87. The molecular weight excluding hydrogens is 702 g/mol. The Balaban J connectivity index is 1.63. The van der Waals surface area contributed by atoms with Gasteiger partial charge in [0.25, 0.3) is 0 Å². The first-order valence-corrected chi connectivity index (χ1v) is 18.1. The number of aliphatic carboxylic acids is 1. The van der Waals surface area contributed by atoms with Gasteiger partial charge in [0.15, 0.2) is 0 Å². The fourth-order valence-corrected chi connectivity index (χ4v) is 3.87. The van der Waals surface area contributed by atoms with Crippen molar-refractivity contribution < 1.29 is 76.3 Å². The van der Waals surface area contributed by atoms with Gasteiger partial charge in [-0.1, -0.05) is 0 Å². The van der Waals surface area contributed by atoms with Gasteiger partial charge in [0.2, 0.25) is 5.91 Å². The summed E-state index contributed by atoms with van der Waals surface area (Å²) in [5, 5.41) is 11.2. The predicted octanol–water partition coefficient (Wildman–Crippen LogP) is 1.43. The van der Waals surface area contributed by atoms with Crippen molar-refractivity contribution in [2.24, 2.45) is 0 Å². The monoisotopic (exact) mass is 763 g/mol. The van der Waals surface area contributed by atoms with Crippen LogP contribution in [0.1, 0.15) is 29.6 Å². The lowest BCUT2D eigenvalue weighted by Crippen LogP contribution is -2.25. The molecule has 1 rings (SSSR count). The van der Waals surface area contributed by atoms with E-state index in [-0.39, 0.29) is 18.7 Å². The lowest BCUT2D eigenvalue weighted by molar-refractivity contribution is -0.138. The molecule has 17 nitrogen and oxygen atoms in total. The molecule has 0 unspecified atom stereocenters. The Morgan fingerprint density at radius 2 is 0.792 bits per heavy atom. The number of nitrogens with one attached hydrogen (secondary N) is 1. The van der Waals surface area contributed by atoms with Crippen molar-refractivity contribution >= 4 is 18.2 Å². The highest BCUT2D eigenvalue weighted by molar-refractivity contribution is 5.80. The smallest absolute Gasteiger partial charge is 0.303 e. The summed E-state index contributed by atoms with van der Waals surface area (Å²) < 4.78 is 65.6. The molecule has 0 saturated heterocycles. The molecule has 0 aromatic heterocycles. The molecule has 1 aromatic carbocycles. The van der Waals surface area contributed by atoms with Crippen LogP contribution in [0.5, 0.6) is 5.75 Å². The first kappa shape index (κ1) is 48.2. The summed E-state index contributed by atoms with van der Waals surface area (Å²) >= 11 is 0. The van der Waals surface area contributed by atoms with Crippen molar-refractivity contribution in [2.45, 2.75) is 19.3 Å². The number of carbonyl (C=O) groups excluding carboxylic acids is 2. The first-order chi connectivity index (χ1) is 26.1. The molecule has 0 atom stereocenters. The van der Waals surface area contributed by atoms with Gasteiger partial charge < -0.3 is 67.3 Å². The van der Waals surface area contributed by atoms with Crippen LogP contribution in [-0.2, 0) is 61.7 Å². The van der Waals surface area contributed by atoms with E-state index in [4.69, 9.17) is 61.9 Å². The minimum absolute atomic E-state index is 0.0140. The second-order valence-electron chi connectivity index (χ2n) is 10.9. The molecule has 2 N–H and O–H groups in total. The molecule has 306 valence electrons. The Labute approximate surface area is 313 Å². The summed E-state index contributed by atoms with van der Waals surface area (Å²) in [6.45, 7) is 11.2. The average Bonchev–Trinajstić information content (AvgIpc) is 3.16. The van der Waals surface area contributed by atoms with Gasteiger partial charge in [-0.3, -0.25) is 14.4 Å². The molecule has 53 heavy (non-hydrogen) atoms. The number of benzene rings is 1. The van der Waals surface area contributed by atoms with Crippen molar-refractivity contribution in [1.29, 1.82) is 0 Å². The third-order valence-electron chi connectivity index (χ3n) is 6.59. The highest BCUT2D eigenvalue weighted by atomic mass is 16.6. The van der Waals surface area contributed by atoms with Gasteiger partial charge in [0, 0.05) is 25.1 Å². The number of carbonyl (C=O) groups is 3. The zero-order valence-corrected chi connectivity index (χ0v) is 31.0. The summed E-state index contributed by atoms with van der Waals surface area (Å²) in [5.41, 5.74) is 0.611. The van der Waals surface area contributed by atoms with Crippen LogP contribution in [0.3, 0.4) is 0 Å². The number of hydrogen-bond donors (Lipinski definition) is 2. The highest BCUT2D eigenvalue weighted by Crippen LogP contribution is 2.10. The van der Waals surface area contributed by atoms with E-state index in [1.807, 2.05) is 0 Å². The van der Waals surface area contributed by atoms with Gasteiger partial charge in [-0.2, -0.15) is 0 Å². The van der Waals surface area contributed by atoms with Crippen LogP contribution in [0.4, 0.5) is 0 Å². The van der Waals surface area contributed by atoms with Crippen LogP contribution >= 0.6 is 0 Å². The maximum absolute atomic E-state index is 11.4. The highest BCUT2D eigenvalue weighted by Gasteiger charge is 2.04. The van der Waals surface area contributed by atoms with Crippen molar-refractivity contribution in [2.75, 3.05) is 159 Å². The van der Waals surface area contributed by atoms with Gasteiger partial charge in [-0.05, 0) is 30.7 Å². The molecule has 0 saturated carbocycles. The van der Waals surface area contributed by atoms with Crippen molar-refractivity contribution in [3.8, 4) is 5.75 Å². The molecule has 0 aliphatic heterocycles. The van der Waals surface area contributed by atoms with E-state index in [1.54, 1.807) is 24.3 Å². The maximum atomic E-state index is 11.4. The summed E-state index contributed by atoms with van der Waals surface area (Å²) in [7, 11) is 0. The molecule has 1 amide bonds. The Kier molecular flexibility index (Phi) is 35.4. The minimum atomic E-state index is -0.986. The molecule has 17 heteroatoms.